The third kappa shape index (κ3) is 4.28. The highest BCUT2D eigenvalue weighted by molar-refractivity contribution is 5.88. The molecule has 0 unspecified atom stereocenters. The predicted octanol–water partition coefficient (Wildman–Crippen LogP) is 4.61. The molecule has 1 aliphatic rings. The molecular formula is C26H32N8. The van der Waals surface area contributed by atoms with E-state index in [4.69, 9.17) is 15.0 Å². The number of benzene rings is 2. The summed E-state index contributed by atoms with van der Waals surface area (Å²) in [6.45, 7) is 8.59. The molecule has 0 bridgehead atoms. The van der Waals surface area contributed by atoms with Gasteiger partial charge in [-0.2, -0.15) is 9.97 Å². The van der Waals surface area contributed by atoms with Gasteiger partial charge in [0.05, 0.1) is 0 Å². The van der Waals surface area contributed by atoms with Crippen LogP contribution >= 0.6 is 0 Å². The first kappa shape index (κ1) is 22.2. The molecule has 2 aromatic carbocycles. The van der Waals surface area contributed by atoms with Crippen molar-refractivity contribution in [3.63, 3.8) is 0 Å². The molecule has 1 aliphatic heterocycles. The highest BCUT2D eigenvalue weighted by Gasteiger charge is 2.20. The predicted molar refractivity (Wildman–Crippen MR) is 140 cm³/mol. The van der Waals surface area contributed by atoms with Crippen molar-refractivity contribution < 1.29 is 0 Å². The molecule has 0 aliphatic carbocycles. The molecule has 176 valence electrons. The minimum absolute atomic E-state index is 0.190. The third-order valence-electron chi connectivity index (χ3n) is 6.32. The molecule has 8 nitrogen and oxygen atoms in total. The van der Waals surface area contributed by atoms with Crippen molar-refractivity contribution in [1.29, 1.82) is 0 Å². The van der Waals surface area contributed by atoms with Crippen LogP contribution in [0.4, 0.5) is 23.1 Å². The second kappa shape index (κ2) is 9.30. The number of imidazole rings is 1. The maximum atomic E-state index is 4.93. The first-order chi connectivity index (χ1) is 16.5. The SMILES string of the molecule is CNc1nc(Nc2ccc(N3CCN(C)CC3)cc2)nc2c1nc(-c1ccccc1)n2C(C)C. The molecule has 0 spiro atoms. The van der Waals surface area contributed by atoms with Crippen LogP contribution in [0.25, 0.3) is 22.6 Å². The van der Waals surface area contributed by atoms with Crippen molar-refractivity contribution in [3.05, 3.63) is 54.6 Å². The smallest absolute Gasteiger partial charge is 0.231 e. The normalized spacial score (nSPS) is 14.7. The minimum atomic E-state index is 0.190. The largest absolute Gasteiger partial charge is 0.371 e. The number of nitrogens with one attached hydrogen (secondary N) is 2. The summed E-state index contributed by atoms with van der Waals surface area (Å²) < 4.78 is 2.18. The van der Waals surface area contributed by atoms with Crippen molar-refractivity contribution in [3.8, 4) is 11.4 Å². The molecule has 2 aromatic heterocycles. The third-order valence-corrected chi connectivity index (χ3v) is 6.32. The molecular weight excluding hydrogens is 424 g/mol. The average Bonchev–Trinajstić information content (AvgIpc) is 3.25. The summed E-state index contributed by atoms with van der Waals surface area (Å²) in [6, 6.07) is 18.9. The van der Waals surface area contributed by atoms with Gasteiger partial charge in [0.1, 0.15) is 5.82 Å². The van der Waals surface area contributed by atoms with Gasteiger partial charge in [0, 0.05) is 56.2 Å². The Balaban J connectivity index is 1.48. The van der Waals surface area contributed by atoms with E-state index >= 15 is 0 Å². The minimum Gasteiger partial charge on any atom is -0.371 e. The molecule has 5 rings (SSSR count). The Morgan fingerprint density at radius 2 is 1.56 bits per heavy atom. The number of hydrogen-bond donors (Lipinski definition) is 2. The van der Waals surface area contributed by atoms with Crippen LogP contribution in [-0.2, 0) is 0 Å². The number of likely N-dealkylation sites (N-methyl/N-ethyl adjacent to an activating group) is 1. The monoisotopic (exact) mass is 456 g/mol. The van der Waals surface area contributed by atoms with Crippen LogP contribution in [0, 0.1) is 0 Å². The highest BCUT2D eigenvalue weighted by atomic mass is 15.3. The number of rotatable bonds is 6. The van der Waals surface area contributed by atoms with E-state index < -0.39 is 0 Å². The Bertz CT molecular complexity index is 1260. The van der Waals surface area contributed by atoms with E-state index in [2.05, 4.69) is 82.3 Å². The number of hydrogen-bond acceptors (Lipinski definition) is 7. The van der Waals surface area contributed by atoms with Crippen LogP contribution < -0.4 is 15.5 Å². The van der Waals surface area contributed by atoms with Gasteiger partial charge in [0.15, 0.2) is 17.0 Å². The second-order valence-electron chi connectivity index (χ2n) is 9.05. The van der Waals surface area contributed by atoms with Crippen molar-refractivity contribution in [2.75, 3.05) is 55.8 Å². The molecule has 3 heterocycles. The van der Waals surface area contributed by atoms with Crippen molar-refractivity contribution in [2.24, 2.45) is 0 Å². The average molecular weight is 457 g/mol. The molecule has 0 radical (unpaired) electrons. The molecule has 0 saturated carbocycles. The topological polar surface area (TPSA) is 74.1 Å². The lowest BCUT2D eigenvalue weighted by Crippen LogP contribution is -2.44. The highest BCUT2D eigenvalue weighted by Crippen LogP contribution is 2.31. The van der Waals surface area contributed by atoms with Crippen molar-refractivity contribution in [2.45, 2.75) is 19.9 Å². The van der Waals surface area contributed by atoms with Gasteiger partial charge in [0.2, 0.25) is 5.95 Å². The molecule has 4 aromatic rings. The number of piperazine rings is 1. The molecule has 1 saturated heterocycles. The van der Waals surface area contributed by atoms with E-state index in [1.807, 2.05) is 25.2 Å². The Morgan fingerprint density at radius 3 is 2.21 bits per heavy atom. The van der Waals surface area contributed by atoms with E-state index in [0.717, 1.165) is 54.4 Å². The maximum absolute atomic E-state index is 4.93. The fourth-order valence-corrected chi connectivity index (χ4v) is 4.43. The summed E-state index contributed by atoms with van der Waals surface area (Å²) in [6.07, 6.45) is 0. The zero-order valence-electron chi connectivity index (χ0n) is 20.3. The van der Waals surface area contributed by atoms with Crippen LogP contribution in [0.2, 0.25) is 0 Å². The van der Waals surface area contributed by atoms with Gasteiger partial charge in [-0.05, 0) is 45.2 Å². The zero-order chi connectivity index (χ0) is 23.7. The lowest BCUT2D eigenvalue weighted by molar-refractivity contribution is 0.313. The molecule has 0 atom stereocenters. The molecule has 8 heteroatoms. The Kier molecular flexibility index (Phi) is 6.06. The van der Waals surface area contributed by atoms with Gasteiger partial charge >= 0.3 is 0 Å². The van der Waals surface area contributed by atoms with Crippen LogP contribution in [0.15, 0.2) is 54.6 Å². The fourth-order valence-electron chi connectivity index (χ4n) is 4.43. The van der Waals surface area contributed by atoms with Crippen LogP contribution in [-0.4, -0.2) is 64.7 Å². The number of nitrogens with zero attached hydrogens (tertiary/aromatic N) is 6. The van der Waals surface area contributed by atoms with Crippen LogP contribution in [0.3, 0.4) is 0 Å². The Hall–Kier alpha value is -3.65. The van der Waals surface area contributed by atoms with Crippen LogP contribution in [0.5, 0.6) is 0 Å². The van der Waals surface area contributed by atoms with Gasteiger partial charge in [-0.1, -0.05) is 30.3 Å². The lowest BCUT2D eigenvalue weighted by Gasteiger charge is -2.34. The molecule has 2 N–H and O–H groups in total. The first-order valence-electron chi connectivity index (χ1n) is 11.9. The summed E-state index contributed by atoms with van der Waals surface area (Å²) in [7, 11) is 4.04. The summed E-state index contributed by atoms with van der Waals surface area (Å²) in [5, 5.41) is 6.60. The van der Waals surface area contributed by atoms with Gasteiger partial charge < -0.3 is 25.0 Å². The maximum Gasteiger partial charge on any atom is 0.231 e. The van der Waals surface area contributed by atoms with Gasteiger partial charge in [-0.3, -0.25) is 0 Å². The number of aromatic nitrogens is 4. The van der Waals surface area contributed by atoms with Crippen molar-refractivity contribution >= 4 is 34.3 Å². The number of anilines is 4. The first-order valence-corrected chi connectivity index (χ1v) is 11.9. The van der Waals surface area contributed by atoms with Crippen LogP contribution in [0.1, 0.15) is 19.9 Å². The lowest BCUT2D eigenvalue weighted by atomic mass is 10.2. The van der Waals surface area contributed by atoms with Gasteiger partial charge in [0.25, 0.3) is 0 Å². The standard InChI is InChI=1S/C26H32N8/c1-18(2)34-24(19-8-6-5-7-9-19)29-22-23(27-3)30-26(31-25(22)34)28-20-10-12-21(13-11-20)33-16-14-32(4)15-17-33/h5-13,18H,14-17H2,1-4H3,(H2,27,28,30,31). The van der Waals surface area contributed by atoms with Gasteiger partial charge in [-0.15, -0.1) is 0 Å². The second-order valence-corrected chi connectivity index (χ2v) is 9.05. The van der Waals surface area contributed by atoms with Gasteiger partial charge in [-0.25, -0.2) is 4.98 Å². The zero-order valence-corrected chi connectivity index (χ0v) is 20.3. The molecule has 1 fully saturated rings. The Morgan fingerprint density at radius 1 is 0.853 bits per heavy atom. The summed E-state index contributed by atoms with van der Waals surface area (Å²) >= 11 is 0. The van der Waals surface area contributed by atoms with E-state index in [1.165, 1.54) is 5.69 Å². The summed E-state index contributed by atoms with van der Waals surface area (Å²) in [5.74, 6) is 2.15. The Labute approximate surface area is 200 Å². The van der Waals surface area contributed by atoms with E-state index in [-0.39, 0.29) is 6.04 Å². The quantitative estimate of drug-likeness (QED) is 0.439. The summed E-state index contributed by atoms with van der Waals surface area (Å²) in [5.41, 5.74) is 4.84. The molecule has 0 amide bonds. The summed E-state index contributed by atoms with van der Waals surface area (Å²) in [4.78, 5) is 19.3. The molecule has 34 heavy (non-hydrogen) atoms. The van der Waals surface area contributed by atoms with E-state index in [9.17, 15) is 0 Å². The van der Waals surface area contributed by atoms with E-state index in [1.54, 1.807) is 0 Å². The van der Waals surface area contributed by atoms with E-state index in [0.29, 0.717) is 11.8 Å². The fraction of sp³-hybridized carbons (Fsp3) is 0.346. The number of fused-ring (bicyclic) bond motifs is 1. The van der Waals surface area contributed by atoms with Crippen molar-refractivity contribution in [1.82, 2.24) is 24.4 Å².